The van der Waals surface area contributed by atoms with Crippen LogP contribution in [0.3, 0.4) is 0 Å². The molecule has 0 unspecified atom stereocenters. The first-order valence-corrected chi connectivity index (χ1v) is 5.10. The number of Topliss-reactive ketones (excluding diaryl/α,β-unsaturated/α-hetero) is 1. The topological polar surface area (TPSA) is 37.3 Å². The number of phenolic OH excluding ortho intramolecular Hbond substituents is 1. The minimum atomic E-state index is -0.179. The van der Waals surface area contributed by atoms with E-state index in [0.29, 0.717) is 5.56 Å². The predicted octanol–water partition coefficient (Wildman–Crippen LogP) is 2.21. The summed E-state index contributed by atoms with van der Waals surface area (Å²) in [7, 11) is 0. The first-order valence-electron chi connectivity index (χ1n) is 4.29. The van der Waals surface area contributed by atoms with Gasteiger partial charge < -0.3 is 5.11 Å². The van der Waals surface area contributed by atoms with E-state index in [9.17, 15) is 9.90 Å². The van der Waals surface area contributed by atoms with E-state index >= 15 is 0 Å². The van der Waals surface area contributed by atoms with Crippen LogP contribution in [-0.4, -0.2) is 15.6 Å². The van der Waals surface area contributed by atoms with Gasteiger partial charge in [-0.2, -0.15) is 0 Å². The predicted molar refractivity (Wildman–Crippen MR) is 50.3 cm³/mol. The summed E-state index contributed by atoms with van der Waals surface area (Å²) in [5.41, 5.74) is 0.711. The van der Waals surface area contributed by atoms with E-state index in [1.165, 1.54) is 11.8 Å². The lowest BCUT2D eigenvalue weighted by Gasteiger charge is -1.99. The number of hydrogen-bond donors (Lipinski definition) is 1. The highest BCUT2D eigenvalue weighted by Crippen LogP contribution is 2.61. The van der Waals surface area contributed by atoms with Crippen molar-refractivity contribution >= 4 is 17.5 Å². The molecule has 1 heterocycles. The highest BCUT2D eigenvalue weighted by Gasteiger charge is 2.56. The van der Waals surface area contributed by atoms with Crippen LogP contribution in [0.4, 0.5) is 0 Å². The minimum Gasteiger partial charge on any atom is -0.507 e. The second-order valence-corrected chi connectivity index (χ2v) is 4.97. The van der Waals surface area contributed by atoms with Crippen molar-refractivity contribution in [3.8, 4) is 5.75 Å². The van der Waals surface area contributed by atoms with Crippen molar-refractivity contribution in [1.82, 2.24) is 0 Å². The molecule has 1 aromatic carbocycles. The molecule has 2 aliphatic rings. The normalized spacial score (nSPS) is 22.0. The zero-order chi connectivity index (χ0) is 9.05. The number of thioether (sulfide) groups is 1. The average molecular weight is 192 g/mol. The highest BCUT2D eigenvalue weighted by atomic mass is 32.2. The summed E-state index contributed by atoms with van der Waals surface area (Å²) < 4.78 is -0.179. The van der Waals surface area contributed by atoms with E-state index in [-0.39, 0.29) is 16.3 Å². The lowest BCUT2D eigenvalue weighted by atomic mass is 10.1. The second-order valence-electron chi connectivity index (χ2n) is 3.58. The molecular formula is C10H8O2S. The molecule has 1 aliphatic carbocycles. The maximum Gasteiger partial charge on any atom is 0.180 e. The molecule has 1 N–H and O–H groups in total. The Balaban J connectivity index is 2.22. The number of fused-ring (bicyclic) bond motifs is 1. The van der Waals surface area contributed by atoms with Crippen molar-refractivity contribution < 1.29 is 9.90 Å². The van der Waals surface area contributed by atoms with E-state index in [4.69, 9.17) is 0 Å². The van der Waals surface area contributed by atoms with Gasteiger partial charge in [0.2, 0.25) is 0 Å². The molecule has 66 valence electrons. The molecular weight excluding hydrogens is 184 g/mol. The van der Waals surface area contributed by atoms with Crippen LogP contribution >= 0.6 is 11.8 Å². The Hall–Kier alpha value is -0.960. The SMILES string of the molecule is O=C1c2cccc(O)c2SC12CC2. The number of hydrogen-bond acceptors (Lipinski definition) is 3. The molecule has 0 amide bonds. The van der Waals surface area contributed by atoms with Crippen LogP contribution < -0.4 is 0 Å². The largest absolute Gasteiger partial charge is 0.507 e. The number of ketones is 1. The molecule has 0 saturated heterocycles. The summed E-state index contributed by atoms with van der Waals surface area (Å²) in [6.07, 6.45) is 1.93. The van der Waals surface area contributed by atoms with Gasteiger partial charge in [0.15, 0.2) is 5.78 Å². The van der Waals surface area contributed by atoms with Gasteiger partial charge in [-0.25, -0.2) is 0 Å². The van der Waals surface area contributed by atoms with Gasteiger partial charge in [-0.05, 0) is 25.0 Å². The van der Waals surface area contributed by atoms with Crippen LogP contribution in [0, 0.1) is 0 Å². The summed E-state index contributed by atoms with van der Waals surface area (Å²) in [5, 5.41) is 9.54. The Labute approximate surface area is 80.0 Å². The third kappa shape index (κ3) is 0.826. The molecule has 0 aromatic heterocycles. The lowest BCUT2D eigenvalue weighted by Crippen LogP contribution is -2.11. The van der Waals surface area contributed by atoms with Crippen molar-refractivity contribution in [2.45, 2.75) is 22.5 Å². The summed E-state index contributed by atoms with van der Waals surface area (Å²) >= 11 is 1.54. The third-order valence-electron chi connectivity index (χ3n) is 2.65. The Morgan fingerprint density at radius 3 is 2.77 bits per heavy atom. The molecule has 1 fully saturated rings. The fourth-order valence-corrected chi connectivity index (χ4v) is 3.08. The van der Waals surface area contributed by atoms with Crippen LogP contribution in [0.5, 0.6) is 5.75 Å². The van der Waals surface area contributed by atoms with Crippen molar-refractivity contribution in [2.24, 2.45) is 0 Å². The maximum atomic E-state index is 11.8. The minimum absolute atomic E-state index is 0.179. The number of rotatable bonds is 0. The molecule has 0 radical (unpaired) electrons. The van der Waals surface area contributed by atoms with Gasteiger partial charge in [-0.15, -0.1) is 11.8 Å². The quantitative estimate of drug-likeness (QED) is 0.684. The molecule has 1 aliphatic heterocycles. The number of aromatic hydroxyl groups is 1. The van der Waals surface area contributed by atoms with Gasteiger partial charge in [-0.1, -0.05) is 6.07 Å². The number of carbonyl (C=O) groups excluding carboxylic acids is 1. The highest BCUT2D eigenvalue weighted by molar-refractivity contribution is 8.02. The Morgan fingerprint density at radius 1 is 1.38 bits per heavy atom. The van der Waals surface area contributed by atoms with Crippen molar-refractivity contribution in [3.63, 3.8) is 0 Å². The Kier molecular flexibility index (Phi) is 1.20. The van der Waals surface area contributed by atoms with Crippen molar-refractivity contribution in [3.05, 3.63) is 23.8 Å². The lowest BCUT2D eigenvalue weighted by molar-refractivity contribution is 0.0983. The van der Waals surface area contributed by atoms with Gasteiger partial charge in [-0.3, -0.25) is 4.79 Å². The summed E-state index contributed by atoms with van der Waals surface area (Å²) in [5.74, 6) is 0.461. The number of carbonyl (C=O) groups is 1. The van der Waals surface area contributed by atoms with Gasteiger partial charge in [0.05, 0.1) is 9.64 Å². The molecule has 13 heavy (non-hydrogen) atoms. The summed E-state index contributed by atoms with van der Waals surface area (Å²) in [6.45, 7) is 0. The fourth-order valence-electron chi connectivity index (χ4n) is 1.74. The van der Waals surface area contributed by atoms with Crippen LogP contribution in [0.2, 0.25) is 0 Å². The maximum absolute atomic E-state index is 11.8. The molecule has 0 bridgehead atoms. The number of benzene rings is 1. The first kappa shape index (κ1) is 7.44. The standard InChI is InChI=1S/C10H8O2S/c11-7-3-1-2-6-8(7)13-10(4-5-10)9(6)12/h1-3,11H,4-5H2. The zero-order valence-corrected chi connectivity index (χ0v) is 7.73. The van der Waals surface area contributed by atoms with E-state index in [0.717, 1.165) is 17.7 Å². The van der Waals surface area contributed by atoms with Crippen LogP contribution in [0.25, 0.3) is 0 Å². The zero-order valence-electron chi connectivity index (χ0n) is 6.91. The van der Waals surface area contributed by atoms with Gasteiger partial charge in [0.25, 0.3) is 0 Å². The Bertz CT molecular complexity index is 407. The molecule has 3 heteroatoms. The molecule has 0 atom stereocenters. The summed E-state index contributed by atoms with van der Waals surface area (Å²) in [6, 6.07) is 5.17. The molecule has 1 spiro atoms. The van der Waals surface area contributed by atoms with E-state index in [1.807, 2.05) is 0 Å². The molecule has 1 saturated carbocycles. The van der Waals surface area contributed by atoms with Crippen LogP contribution in [0.15, 0.2) is 23.1 Å². The van der Waals surface area contributed by atoms with Gasteiger partial charge in [0.1, 0.15) is 5.75 Å². The first-order chi connectivity index (χ1) is 6.23. The van der Waals surface area contributed by atoms with Crippen LogP contribution in [-0.2, 0) is 0 Å². The smallest absolute Gasteiger partial charge is 0.180 e. The molecule has 3 rings (SSSR count). The van der Waals surface area contributed by atoms with Crippen molar-refractivity contribution in [1.29, 1.82) is 0 Å². The van der Waals surface area contributed by atoms with Gasteiger partial charge >= 0.3 is 0 Å². The number of phenols is 1. The van der Waals surface area contributed by atoms with E-state index in [2.05, 4.69) is 0 Å². The second kappa shape index (κ2) is 2.10. The fraction of sp³-hybridized carbons (Fsp3) is 0.300. The average Bonchev–Trinajstić information content (AvgIpc) is 2.82. The molecule has 1 aromatic rings. The van der Waals surface area contributed by atoms with Crippen LogP contribution in [0.1, 0.15) is 23.2 Å². The van der Waals surface area contributed by atoms with Gasteiger partial charge in [0, 0.05) is 5.56 Å². The van der Waals surface area contributed by atoms with E-state index < -0.39 is 0 Å². The van der Waals surface area contributed by atoms with E-state index in [1.54, 1.807) is 18.2 Å². The Morgan fingerprint density at radius 2 is 2.15 bits per heavy atom. The molecule has 2 nitrogen and oxygen atoms in total. The summed E-state index contributed by atoms with van der Waals surface area (Å²) in [4.78, 5) is 12.6. The van der Waals surface area contributed by atoms with Crippen molar-refractivity contribution in [2.75, 3.05) is 0 Å². The monoisotopic (exact) mass is 192 g/mol. The third-order valence-corrected chi connectivity index (χ3v) is 4.27.